The van der Waals surface area contributed by atoms with Gasteiger partial charge in [0.25, 0.3) is 0 Å². The number of hydrogen-bond acceptors (Lipinski definition) is 6. The average molecular weight is 383 g/mol. The SMILES string of the molecule is Nc1cccc(CCc2cc(Nc3ccc(Oc4ccccc4)cc3)ncn2)n1. The highest BCUT2D eigenvalue weighted by Gasteiger charge is 2.03. The Morgan fingerprint density at radius 2 is 1.52 bits per heavy atom. The summed E-state index contributed by atoms with van der Waals surface area (Å²) >= 11 is 0. The van der Waals surface area contributed by atoms with Crippen LogP contribution in [0.15, 0.2) is 85.2 Å². The van der Waals surface area contributed by atoms with Gasteiger partial charge in [-0.1, -0.05) is 24.3 Å². The van der Waals surface area contributed by atoms with E-state index >= 15 is 0 Å². The van der Waals surface area contributed by atoms with Crippen LogP contribution in [0.2, 0.25) is 0 Å². The molecule has 29 heavy (non-hydrogen) atoms. The number of pyridine rings is 1. The maximum atomic E-state index is 5.82. The van der Waals surface area contributed by atoms with E-state index in [0.717, 1.165) is 47.2 Å². The Morgan fingerprint density at radius 3 is 2.31 bits per heavy atom. The lowest BCUT2D eigenvalue weighted by Gasteiger charge is -2.09. The van der Waals surface area contributed by atoms with Crippen LogP contribution in [0, 0.1) is 0 Å². The van der Waals surface area contributed by atoms with E-state index in [1.807, 2.05) is 72.8 Å². The Bertz CT molecular complexity index is 1070. The summed E-state index contributed by atoms with van der Waals surface area (Å²) < 4.78 is 5.82. The molecule has 0 unspecified atom stereocenters. The molecule has 0 bridgehead atoms. The molecule has 0 fully saturated rings. The summed E-state index contributed by atoms with van der Waals surface area (Å²) in [5, 5.41) is 3.30. The zero-order valence-corrected chi connectivity index (χ0v) is 15.8. The lowest BCUT2D eigenvalue weighted by Crippen LogP contribution is -2.01. The number of para-hydroxylation sites is 1. The summed E-state index contributed by atoms with van der Waals surface area (Å²) in [4.78, 5) is 13.0. The fourth-order valence-electron chi connectivity index (χ4n) is 2.87. The number of hydrogen-bond donors (Lipinski definition) is 2. The third-order valence-corrected chi connectivity index (χ3v) is 4.29. The third-order valence-electron chi connectivity index (χ3n) is 4.29. The molecule has 4 rings (SSSR count). The van der Waals surface area contributed by atoms with E-state index in [4.69, 9.17) is 10.5 Å². The van der Waals surface area contributed by atoms with Crippen LogP contribution >= 0.6 is 0 Å². The predicted octanol–water partition coefficient (Wildman–Crippen LogP) is 4.77. The summed E-state index contributed by atoms with van der Waals surface area (Å²) in [6.07, 6.45) is 3.10. The molecule has 144 valence electrons. The summed E-state index contributed by atoms with van der Waals surface area (Å²) in [5.41, 5.74) is 8.55. The number of aryl methyl sites for hydroxylation is 2. The molecule has 3 N–H and O–H groups in total. The van der Waals surface area contributed by atoms with Gasteiger partial charge in [0.1, 0.15) is 29.5 Å². The Kier molecular flexibility index (Phi) is 5.62. The third kappa shape index (κ3) is 5.29. The normalized spacial score (nSPS) is 10.5. The van der Waals surface area contributed by atoms with Crippen molar-refractivity contribution in [3.05, 3.63) is 96.6 Å². The first-order valence-electron chi connectivity index (χ1n) is 9.37. The Labute approximate surface area is 169 Å². The number of rotatable bonds is 7. The van der Waals surface area contributed by atoms with Gasteiger partial charge < -0.3 is 15.8 Å². The monoisotopic (exact) mass is 383 g/mol. The molecule has 2 aromatic heterocycles. The largest absolute Gasteiger partial charge is 0.457 e. The fourth-order valence-corrected chi connectivity index (χ4v) is 2.87. The van der Waals surface area contributed by atoms with E-state index in [0.29, 0.717) is 5.82 Å². The molecule has 0 amide bonds. The zero-order valence-electron chi connectivity index (χ0n) is 15.8. The number of nitrogens with two attached hydrogens (primary N) is 1. The van der Waals surface area contributed by atoms with Crippen molar-refractivity contribution in [1.29, 1.82) is 0 Å². The summed E-state index contributed by atoms with van der Waals surface area (Å²) in [6.45, 7) is 0. The van der Waals surface area contributed by atoms with Crippen LogP contribution in [-0.2, 0) is 12.8 Å². The highest BCUT2D eigenvalue weighted by atomic mass is 16.5. The molecule has 0 saturated carbocycles. The van der Waals surface area contributed by atoms with Crippen molar-refractivity contribution in [2.24, 2.45) is 0 Å². The van der Waals surface area contributed by atoms with E-state index in [-0.39, 0.29) is 0 Å². The molecular formula is C23H21N5O. The van der Waals surface area contributed by atoms with E-state index < -0.39 is 0 Å². The molecule has 2 aromatic carbocycles. The second-order valence-electron chi connectivity index (χ2n) is 6.51. The van der Waals surface area contributed by atoms with Gasteiger partial charge in [0.2, 0.25) is 0 Å². The molecule has 0 aliphatic heterocycles. The Hall–Kier alpha value is -3.93. The van der Waals surface area contributed by atoms with Crippen LogP contribution in [0.25, 0.3) is 0 Å². The quantitative estimate of drug-likeness (QED) is 0.478. The highest BCUT2D eigenvalue weighted by molar-refractivity contribution is 5.57. The van der Waals surface area contributed by atoms with E-state index in [1.54, 1.807) is 12.4 Å². The number of benzene rings is 2. The molecule has 0 radical (unpaired) electrons. The van der Waals surface area contributed by atoms with E-state index in [2.05, 4.69) is 20.3 Å². The summed E-state index contributed by atoms with van der Waals surface area (Å²) in [6, 6.07) is 25.1. The van der Waals surface area contributed by atoms with Crippen molar-refractivity contribution in [2.75, 3.05) is 11.1 Å². The van der Waals surface area contributed by atoms with Crippen molar-refractivity contribution >= 4 is 17.3 Å². The van der Waals surface area contributed by atoms with Crippen LogP contribution in [0.1, 0.15) is 11.4 Å². The number of aromatic nitrogens is 3. The Balaban J connectivity index is 1.37. The second-order valence-corrected chi connectivity index (χ2v) is 6.51. The van der Waals surface area contributed by atoms with Gasteiger partial charge in [-0.2, -0.15) is 0 Å². The maximum Gasteiger partial charge on any atom is 0.133 e. The number of nitrogen functional groups attached to an aromatic ring is 1. The van der Waals surface area contributed by atoms with Crippen molar-refractivity contribution in [3.8, 4) is 11.5 Å². The van der Waals surface area contributed by atoms with Crippen LogP contribution < -0.4 is 15.8 Å². The predicted molar refractivity (Wildman–Crippen MR) is 114 cm³/mol. The lowest BCUT2D eigenvalue weighted by molar-refractivity contribution is 0.483. The minimum atomic E-state index is 0.534. The number of nitrogens with zero attached hydrogens (tertiary/aromatic N) is 3. The second kappa shape index (κ2) is 8.84. The minimum Gasteiger partial charge on any atom is -0.457 e. The highest BCUT2D eigenvalue weighted by Crippen LogP contribution is 2.24. The molecule has 4 aromatic rings. The standard InChI is InChI=1S/C23H21N5O/c24-22-8-4-5-17(27-22)9-10-19-15-23(26-16-25-19)28-18-11-13-21(14-12-18)29-20-6-2-1-3-7-20/h1-8,11-16H,9-10H2,(H2,24,27)(H,25,26,28). The molecule has 0 atom stereocenters. The Morgan fingerprint density at radius 1 is 0.759 bits per heavy atom. The van der Waals surface area contributed by atoms with Gasteiger partial charge >= 0.3 is 0 Å². The molecule has 0 aliphatic rings. The molecule has 0 saturated heterocycles. The van der Waals surface area contributed by atoms with Gasteiger partial charge in [0.05, 0.1) is 0 Å². The molecular weight excluding hydrogens is 362 g/mol. The number of ether oxygens (including phenoxy) is 1. The molecule has 2 heterocycles. The topological polar surface area (TPSA) is 86.0 Å². The van der Waals surface area contributed by atoms with Crippen LogP contribution in [0.5, 0.6) is 11.5 Å². The van der Waals surface area contributed by atoms with Gasteiger partial charge in [-0.25, -0.2) is 15.0 Å². The van der Waals surface area contributed by atoms with Crippen LogP contribution in [-0.4, -0.2) is 15.0 Å². The lowest BCUT2D eigenvalue weighted by atomic mass is 10.1. The van der Waals surface area contributed by atoms with Crippen molar-refractivity contribution < 1.29 is 4.74 Å². The zero-order chi connectivity index (χ0) is 19.9. The van der Waals surface area contributed by atoms with E-state index in [9.17, 15) is 0 Å². The van der Waals surface area contributed by atoms with Crippen molar-refractivity contribution in [3.63, 3.8) is 0 Å². The van der Waals surface area contributed by atoms with E-state index in [1.165, 1.54) is 0 Å². The first-order chi connectivity index (χ1) is 14.2. The number of anilines is 3. The summed E-state index contributed by atoms with van der Waals surface area (Å²) in [7, 11) is 0. The van der Waals surface area contributed by atoms with Crippen molar-refractivity contribution in [2.45, 2.75) is 12.8 Å². The van der Waals surface area contributed by atoms with Crippen LogP contribution in [0.4, 0.5) is 17.3 Å². The van der Waals surface area contributed by atoms with Gasteiger partial charge in [0.15, 0.2) is 0 Å². The molecule has 6 heteroatoms. The molecule has 0 aliphatic carbocycles. The average Bonchev–Trinajstić information content (AvgIpc) is 2.75. The van der Waals surface area contributed by atoms with Gasteiger partial charge in [-0.3, -0.25) is 0 Å². The maximum absolute atomic E-state index is 5.82. The minimum absolute atomic E-state index is 0.534. The van der Waals surface area contributed by atoms with Crippen LogP contribution in [0.3, 0.4) is 0 Å². The summed E-state index contributed by atoms with van der Waals surface area (Å²) in [5.74, 6) is 2.86. The van der Waals surface area contributed by atoms with Gasteiger partial charge in [-0.15, -0.1) is 0 Å². The molecule has 0 spiro atoms. The first kappa shape index (κ1) is 18.4. The first-order valence-corrected chi connectivity index (χ1v) is 9.37. The fraction of sp³-hybridized carbons (Fsp3) is 0.0870. The smallest absolute Gasteiger partial charge is 0.133 e. The molecule has 6 nitrogen and oxygen atoms in total. The van der Waals surface area contributed by atoms with Crippen molar-refractivity contribution in [1.82, 2.24) is 15.0 Å². The van der Waals surface area contributed by atoms with Gasteiger partial charge in [-0.05, 0) is 61.4 Å². The van der Waals surface area contributed by atoms with Gasteiger partial charge in [0, 0.05) is 23.1 Å². The number of nitrogens with one attached hydrogen (secondary N) is 1.